The molecule has 80 valence electrons. The number of allylic oxidation sites excluding steroid dienone is 1. The highest BCUT2D eigenvalue weighted by atomic mass is 16.5. The first-order valence-electron chi connectivity index (χ1n) is 4.93. The van der Waals surface area contributed by atoms with Crippen molar-refractivity contribution in [1.29, 1.82) is 0 Å². The zero-order valence-corrected chi connectivity index (χ0v) is 9.08. The van der Waals surface area contributed by atoms with E-state index in [2.05, 4.69) is 24.5 Å². The van der Waals surface area contributed by atoms with Crippen LogP contribution in [0.25, 0.3) is 0 Å². The zero-order chi connectivity index (χ0) is 10.4. The van der Waals surface area contributed by atoms with Crippen LogP contribution >= 0.6 is 0 Å². The molecule has 0 radical (unpaired) electrons. The van der Waals surface area contributed by atoms with E-state index >= 15 is 0 Å². The molecule has 0 unspecified atom stereocenters. The van der Waals surface area contributed by atoms with Crippen LogP contribution in [0.5, 0.6) is 0 Å². The Morgan fingerprint density at radius 1 is 1.50 bits per heavy atom. The number of hydrogen-bond donors (Lipinski definition) is 0. The molecule has 0 saturated carbocycles. The highest BCUT2D eigenvalue weighted by molar-refractivity contribution is 5.25. The lowest BCUT2D eigenvalue weighted by molar-refractivity contribution is 0.0549. The summed E-state index contributed by atoms with van der Waals surface area (Å²) >= 11 is 0. The topological polar surface area (TPSA) is 21.7 Å². The lowest BCUT2D eigenvalue weighted by atomic mass is 10.2. The summed E-state index contributed by atoms with van der Waals surface area (Å²) in [5.41, 5.74) is 2.28. The van der Waals surface area contributed by atoms with Crippen LogP contribution in [0.4, 0.5) is 0 Å². The van der Waals surface area contributed by atoms with Gasteiger partial charge in [0.1, 0.15) is 0 Å². The van der Waals surface area contributed by atoms with Gasteiger partial charge in [0.2, 0.25) is 0 Å². The summed E-state index contributed by atoms with van der Waals surface area (Å²) in [6.07, 6.45) is 2.05. The molecule has 1 saturated heterocycles. The van der Waals surface area contributed by atoms with Crippen LogP contribution in [-0.2, 0) is 9.47 Å². The minimum absolute atomic E-state index is 0.648. The first kappa shape index (κ1) is 11.3. The fourth-order valence-electron chi connectivity index (χ4n) is 1.41. The zero-order valence-electron chi connectivity index (χ0n) is 9.08. The van der Waals surface area contributed by atoms with Gasteiger partial charge < -0.3 is 14.4 Å². The molecule has 1 aliphatic heterocycles. The van der Waals surface area contributed by atoms with E-state index < -0.39 is 0 Å². The molecular weight excluding hydrogens is 178 g/mol. The largest absolute Gasteiger partial charge is 0.381 e. The highest BCUT2D eigenvalue weighted by Crippen LogP contribution is 2.14. The average Bonchev–Trinajstić information content (AvgIpc) is 2.26. The Balaban J connectivity index is 2.46. The Morgan fingerprint density at radius 3 is 2.71 bits per heavy atom. The second kappa shape index (κ2) is 5.83. The van der Waals surface area contributed by atoms with Crippen molar-refractivity contribution in [2.75, 3.05) is 40.0 Å². The number of ether oxygens (including phenoxy) is 2. The van der Waals surface area contributed by atoms with E-state index in [-0.39, 0.29) is 0 Å². The molecule has 0 atom stereocenters. The second-order valence-corrected chi connectivity index (χ2v) is 3.39. The molecule has 0 aliphatic carbocycles. The van der Waals surface area contributed by atoms with Gasteiger partial charge in [-0.3, -0.25) is 0 Å². The van der Waals surface area contributed by atoms with Gasteiger partial charge in [-0.05, 0) is 12.5 Å². The van der Waals surface area contributed by atoms with E-state index in [0.29, 0.717) is 6.61 Å². The first-order chi connectivity index (χ1) is 6.75. The predicted octanol–water partition coefficient (Wildman–Crippen LogP) is 1.43. The van der Waals surface area contributed by atoms with Gasteiger partial charge >= 0.3 is 0 Å². The van der Waals surface area contributed by atoms with E-state index in [4.69, 9.17) is 9.47 Å². The SMILES string of the molecule is C=C(/C(C)=C/COC)N1CCOCC1. The molecule has 0 amide bonds. The smallest absolute Gasteiger partial charge is 0.0649 e. The number of morpholine rings is 1. The monoisotopic (exact) mass is 197 g/mol. The van der Waals surface area contributed by atoms with Crippen LogP contribution in [0.1, 0.15) is 6.92 Å². The van der Waals surface area contributed by atoms with Crippen LogP contribution < -0.4 is 0 Å². The summed E-state index contributed by atoms with van der Waals surface area (Å²) in [4.78, 5) is 2.25. The normalized spacial score (nSPS) is 18.4. The van der Waals surface area contributed by atoms with Crippen LogP contribution in [0, 0.1) is 0 Å². The molecular formula is C11H19NO2. The summed E-state index contributed by atoms with van der Waals surface area (Å²) in [5.74, 6) is 0. The van der Waals surface area contributed by atoms with Gasteiger partial charge in [0.05, 0.1) is 19.8 Å². The molecule has 0 aromatic carbocycles. The predicted molar refractivity (Wildman–Crippen MR) is 57.2 cm³/mol. The second-order valence-electron chi connectivity index (χ2n) is 3.39. The van der Waals surface area contributed by atoms with Gasteiger partial charge in [0.15, 0.2) is 0 Å². The maximum atomic E-state index is 5.28. The average molecular weight is 197 g/mol. The molecule has 3 nitrogen and oxygen atoms in total. The van der Waals surface area contributed by atoms with Crippen LogP contribution in [-0.4, -0.2) is 44.9 Å². The van der Waals surface area contributed by atoms with Crippen molar-refractivity contribution in [3.05, 3.63) is 23.9 Å². The molecule has 3 heteroatoms. The molecule has 1 heterocycles. The van der Waals surface area contributed by atoms with Crippen molar-refractivity contribution in [1.82, 2.24) is 4.90 Å². The maximum absolute atomic E-state index is 5.28. The molecule has 0 bridgehead atoms. The summed E-state index contributed by atoms with van der Waals surface area (Å²) in [7, 11) is 1.70. The molecule has 14 heavy (non-hydrogen) atoms. The summed E-state index contributed by atoms with van der Waals surface area (Å²) in [6.45, 7) is 10.3. The van der Waals surface area contributed by atoms with Crippen molar-refractivity contribution >= 4 is 0 Å². The van der Waals surface area contributed by atoms with Crippen molar-refractivity contribution in [2.45, 2.75) is 6.92 Å². The van der Waals surface area contributed by atoms with E-state index in [1.165, 1.54) is 5.57 Å². The summed E-state index contributed by atoms with van der Waals surface area (Å²) in [6, 6.07) is 0. The van der Waals surface area contributed by atoms with E-state index in [9.17, 15) is 0 Å². The maximum Gasteiger partial charge on any atom is 0.0649 e. The Labute approximate surface area is 86.0 Å². The van der Waals surface area contributed by atoms with Crippen LogP contribution in [0.15, 0.2) is 23.9 Å². The van der Waals surface area contributed by atoms with Crippen molar-refractivity contribution in [3.8, 4) is 0 Å². The number of methoxy groups -OCH3 is 1. The van der Waals surface area contributed by atoms with Gasteiger partial charge in [-0.15, -0.1) is 0 Å². The lowest BCUT2D eigenvalue weighted by Gasteiger charge is -2.30. The van der Waals surface area contributed by atoms with E-state index in [0.717, 1.165) is 32.0 Å². The lowest BCUT2D eigenvalue weighted by Crippen LogP contribution is -2.35. The Kier molecular flexibility index (Phi) is 4.70. The highest BCUT2D eigenvalue weighted by Gasteiger charge is 2.12. The third-order valence-corrected chi connectivity index (χ3v) is 2.40. The summed E-state index contributed by atoms with van der Waals surface area (Å²) in [5, 5.41) is 0. The van der Waals surface area contributed by atoms with E-state index in [1.54, 1.807) is 7.11 Å². The first-order valence-corrected chi connectivity index (χ1v) is 4.93. The van der Waals surface area contributed by atoms with Crippen molar-refractivity contribution in [3.63, 3.8) is 0 Å². The fourth-order valence-corrected chi connectivity index (χ4v) is 1.41. The van der Waals surface area contributed by atoms with Gasteiger partial charge in [0.25, 0.3) is 0 Å². The van der Waals surface area contributed by atoms with Crippen LogP contribution in [0.2, 0.25) is 0 Å². The standard InChI is InChI=1S/C11H19NO2/c1-10(4-7-13-3)11(2)12-5-8-14-9-6-12/h4H,2,5-9H2,1,3H3/b10-4+. The van der Waals surface area contributed by atoms with Gasteiger partial charge in [-0.25, -0.2) is 0 Å². The third kappa shape index (κ3) is 3.16. The minimum Gasteiger partial charge on any atom is -0.381 e. The van der Waals surface area contributed by atoms with E-state index in [1.807, 2.05) is 0 Å². The molecule has 0 aromatic heterocycles. The quantitative estimate of drug-likeness (QED) is 0.636. The number of hydrogen-bond acceptors (Lipinski definition) is 3. The fraction of sp³-hybridized carbons (Fsp3) is 0.636. The molecule has 0 N–H and O–H groups in total. The van der Waals surface area contributed by atoms with Crippen molar-refractivity contribution in [2.24, 2.45) is 0 Å². The Bertz CT molecular complexity index is 217. The number of nitrogens with zero attached hydrogens (tertiary/aromatic N) is 1. The number of rotatable bonds is 4. The molecule has 1 aliphatic rings. The van der Waals surface area contributed by atoms with Gasteiger partial charge in [0, 0.05) is 25.9 Å². The minimum atomic E-state index is 0.648. The Hall–Kier alpha value is -0.800. The van der Waals surface area contributed by atoms with Gasteiger partial charge in [-0.1, -0.05) is 12.7 Å². The molecule has 0 aromatic rings. The Morgan fingerprint density at radius 2 is 2.14 bits per heavy atom. The third-order valence-electron chi connectivity index (χ3n) is 2.40. The van der Waals surface area contributed by atoms with Crippen molar-refractivity contribution < 1.29 is 9.47 Å². The van der Waals surface area contributed by atoms with Crippen LogP contribution in [0.3, 0.4) is 0 Å². The molecule has 1 fully saturated rings. The molecule has 0 spiro atoms. The molecule has 1 rings (SSSR count). The van der Waals surface area contributed by atoms with Gasteiger partial charge in [-0.2, -0.15) is 0 Å². The summed E-state index contributed by atoms with van der Waals surface area (Å²) < 4.78 is 10.3.